The number of hydrogen-bond donors (Lipinski definition) is 3. The molecule has 2 heterocycles. The molecule has 8 nitrogen and oxygen atoms in total. The van der Waals surface area contributed by atoms with Crippen LogP contribution in [0.2, 0.25) is 0 Å². The summed E-state index contributed by atoms with van der Waals surface area (Å²) in [5, 5.41) is 25.3. The Bertz CT molecular complexity index is 714. The predicted molar refractivity (Wildman–Crippen MR) is 80.6 cm³/mol. The van der Waals surface area contributed by atoms with Crippen LogP contribution < -0.4 is 5.32 Å². The minimum absolute atomic E-state index is 0. The van der Waals surface area contributed by atoms with Crippen LogP contribution in [0, 0.1) is 0 Å². The Kier molecular flexibility index (Phi) is 5.69. The van der Waals surface area contributed by atoms with E-state index < -0.39 is 18.4 Å². The molecule has 120 valence electrons. The lowest BCUT2D eigenvalue weighted by Gasteiger charge is -2.14. The van der Waals surface area contributed by atoms with E-state index in [-0.39, 0.29) is 29.4 Å². The van der Waals surface area contributed by atoms with E-state index in [1.807, 2.05) is 13.8 Å². The summed E-state index contributed by atoms with van der Waals surface area (Å²) in [6.07, 6.45) is 2.43. The van der Waals surface area contributed by atoms with Crippen molar-refractivity contribution in [1.82, 2.24) is 19.9 Å². The third-order valence-corrected chi connectivity index (χ3v) is 3.21. The summed E-state index contributed by atoms with van der Waals surface area (Å²) < 4.78 is 1.51. The standard InChI is InChI=1S/C13H16N4O4.ClH/c1-3-7-8(4-2)17-12(15-6-16-17)10(11(7)20)13(21)14-5-9(18)19;/h6,20H,3-5H2,1-2H3,(H,14,21)(H,18,19);1H. The van der Waals surface area contributed by atoms with Crippen molar-refractivity contribution in [3.63, 3.8) is 0 Å². The number of pyridine rings is 1. The number of aromatic hydroxyl groups is 1. The quantitative estimate of drug-likeness (QED) is 0.747. The maximum Gasteiger partial charge on any atom is 0.322 e. The summed E-state index contributed by atoms with van der Waals surface area (Å²) in [6, 6.07) is 0. The zero-order chi connectivity index (χ0) is 15.6. The normalized spacial score (nSPS) is 10.3. The zero-order valence-corrected chi connectivity index (χ0v) is 13.0. The van der Waals surface area contributed by atoms with E-state index >= 15 is 0 Å². The van der Waals surface area contributed by atoms with E-state index in [1.165, 1.54) is 10.8 Å². The molecule has 22 heavy (non-hydrogen) atoms. The number of amides is 1. The van der Waals surface area contributed by atoms with E-state index in [2.05, 4.69) is 15.4 Å². The van der Waals surface area contributed by atoms with Gasteiger partial charge in [-0.2, -0.15) is 5.10 Å². The average molecular weight is 329 g/mol. The van der Waals surface area contributed by atoms with Crippen LogP contribution in [0.1, 0.15) is 35.5 Å². The van der Waals surface area contributed by atoms with Gasteiger partial charge in [0.25, 0.3) is 5.91 Å². The Labute approximate surface area is 132 Å². The first-order valence-electron chi connectivity index (χ1n) is 6.57. The number of nitrogens with zero attached hydrogens (tertiary/aromatic N) is 3. The number of carboxylic acid groups (broad SMARTS) is 1. The molecule has 0 fully saturated rings. The summed E-state index contributed by atoms with van der Waals surface area (Å²) in [4.78, 5) is 26.7. The molecule has 0 saturated carbocycles. The van der Waals surface area contributed by atoms with Gasteiger partial charge in [-0.25, -0.2) is 9.50 Å². The smallest absolute Gasteiger partial charge is 0.322 e. The molecule has 2 aromatic heterocycles. The maximum atomic E-state index is 12.1. The molecular formula is C13H17ClN4O4. The Hall–Kier alpha value is -2.35. The van der Waals surface area contributed by atoms with Crippen LogP contribution in [-0.2, 0) is 17.6 Å². The van der Waals surface area contributed by atoms with E-state index in [9.17, 15) is 14.7 Å². The lowest BCUT2D eigenvalue weighted by molar-refractivity contribution is -0.135. The van der Waals surface area contributed by atoms with Crippen molar-refractivity contribution in [1.29, 1.82) is 0 Å². The number of carbonyl (C=O) groups is 2. The highest BCUT2D eigenvalue weighted by atomic mass is 35.5. The number of aromatic nitrogens is 3. The second-order valence-electron chi connectivity index (χ2n) is 4.43. The molecular weight excluding hydrogens is 312 g/mol. The summed E-state index contributed by atoms with van der Waals surface area (Å²) >= 11 is 0. The number of nitrogens with one attached hydrogen (secondary N) is 1. The summed E-state index contributed by atoms with van der Waals surface area (Å²) in [5.41, 5.74) is 1.54. The number of rotatable bonds is 5. The SMILES string of the molecule is CCc1c(O)c(C(=O)NCC(=O)O)c2ncnn2c1CC.Cl. The summed E-state index contributed by atoms with van der Waals surface area (Å²) in [5.74, 6) is -2.02. The highest BCUT2D eigenvalue weighted by molar-refractivity contribution is 6.03. The van der Waals surface area contributed by atoms with Gasteiger partial charge in [-0.1, -0.05) is 13.8 Å². The molecule has 9 heteroatoms. The number of carboxylic acids is 1. The fraction of sp³-hybridized carbons (Fsp3) is 0.385. The first-order chi connectivity index (χ1) is 10.0. The lowest BCUT2D eigenvalue weighted by atomic mass is 10.0. The third-order valence-electron chi connectivity index (χ3n) is 3.21. The van der Waals surface area contributed by atoms with Crippen LogP contribution in [0.3, 0.4) is 0 Å². The second kappa shape index (κ2) is 7.08. The summed E-state index contributed by atoms with van der Waals surface area (Å²) in [7, 11) is 0. The third kappa shape index (κ3) is 2.96. The van der Waals surface area contributed by atoms with Crippen molar-refractivity contribution >= 4 is 29.9 Å². The zero-order valence-electron chi connectivity index (χ0n) is 12.2. The van der Waals surface area contributed by atoms with Crippen LogP contribution in [-0.4, -0.2) is 43.2 Å². The van der Waals surface area contributed by atoms with Gasteiger partial charge in [0.15, 0.2) is 5.65 Å². The van der Waals surface area contributed by atoms with Gasteiger partial charge < -0.3 is 15.5 Å². The average Bonchev–Trinajstić information content (AvgIpc) is 2.91. The molecule has 0 saturated heterocycles. The Morgan fingerprint density at radius 3 is 2.55 bits per heavy atom. The van der Waals surface area contributed by atoms with E-state index in [1.54, 1.807) is 0 Å². The number of carbonyl (C=O) groups excluding carboxylic acids is 1. The molecule has 0 unspecified atom stereocenters. The minimum atomic E-state index is -1.17. The monoisotopic (exact) mass is 328 g/mol. The molecule has 0 atom stereocenters. The largest absolute Gasteiger partial charge is 0.507 e. The van der Waals surface area contributed by atoms with Crippen LogP contribution in [0.5, 0.6) is 5.75 Å². The first kappa shape index (κ1) is 17.7. The molecule has 3 N–H and O–H groups in total. The van der Waals surface area contributed by atoms with Crippen LogP contribution in [0.25, 0.3) is 5.65 Å². The molecule has 0 aliphatic carbocycles. The molecule has 0 aliphatic rings. The van der Waals surface area contributed by atoms with Gasteiger partial charge in [0.05, 0.1) is 5.69 Å². The Morgan fingerprint density at radius 2 is 2.00 bits per heavy atom. The van der Waals surface area contributed by atoms with Gasteiger partial charge in [-0.15, -0.1) is 12.4 Å². The number of aliphatic carboxylic acids is 1. The van der Waals surface area contributed by atoms with Crippen molar-refractivity contribution in [2.75, 3.05) is 6.54 Å². The van der Waals surface area contributed by atoms with Crippen molar-refractivity contribution < 1.29 is 19.8 Å². The van der Waals surface area contributed by atoms with Crippen LogP contribution in [0.4, 0.5) is 0 Å². The van der Waals surface area contributed by atoms with Crippen molar-refractivity contribution in [3.05, 3.63) is 23.1 Å². The molecule has 2 aromatic rings. The van der Waals surface area contributed by atoms with Gasteiger partial charge in [-0.3, -0.25) is 9.59 Å². The van der Waals surface area contributed by atoms with Gasteiger partial charge >= 0.3 is 5.97 Å². The van der Waals surface area contributed by atoms with Gasteiger partial charge in [-0.05, 0) is 12.8 Å². The van der Waals surface area contributed by atoms with E-state index in [4.69, 9.17) is 5.11 Å². The highest BCUT2D eigenvalue weighted by Crippen LogP contribution is 2.29. The molecule has 0 aromatic carbocycles. The number of hydrogen-bond acceptors (Lipinski definition) is 5. The molecule has 2 rings (SSSR count). The van der Waals surface area contributed by atoms with Crippen molar-refractivity contribution in [2.24, 2.45) is 0 Å². The van der Waals surface area contributed by atoms with Gasteiger partial charge in [0, 0.05) is 5.56 Å². The fourth-order valence-electron chi connectivity index (χ4n) is 2.32. The maximum absolute atomic E-state index is 12.1. The number of halogens is 1. The first-order valence-corrected chi connectivity index (χ1v) is 6.57. The topological polar surface area (TPSA) is 117 Å². The van der Waals surface area contributed by atoms with Crippen LogP contribution >= 0.6 is 12.4 Å². The lowest BCUT2D eigenvalue weighted by Crippen LogP contribution is -2.30. The Morgan fingerprint density at radius 1 is 1.32 bits per heavy atom. The number of fused-ring (bicyclic) bond motifs is 1. The number of aryl methyl sites for hydroxylation is 1. The molecule has 1 amide bonds. The van der Waals surface area contributed by atoms with Crippen LogP contribution in [0.15, 0.2) is 6.33 Å². The Balaban J connectivity index is 0.00000242. The van der Waals surface area contributed by atoms with E-state index in [0.29, 0.717) is 18.4 Å². The molecule has 0 aliphatic heterocycles. The van der Waals surface area contributed by atoms with Gasteiger partial charge in [0.1, 0.15) is 24.2 Å². The minimum Gasteiger partial charge on any atom is -0.507 e. The second-order valence-corrected chi connectivity index (χ2v) is 4.43. The van der Waals surface area contributed by atoms with Gasteiger partial charge in [0.2, 0.25) is 0 Å². The fourth-order valence-corrected chi connectivity index (χ4v) is 2.32. The van der Waals surface area contributed by atoms with Crippen molar-refractivity contribution in [2.45, 2.75) is 26.7 Å². The molecule has 0 radical (unpaired) electrons. The summed E-state index contributed by atoms with van der Waals surface area (Å²) in [6.45, 7) is 3.24. The highest BCUT2D eigenvalue weighted by Gasteiger charge is 2.24. The predicted octanol–water partition coefficient (Wildman–Crippen LogP) is 0.796. The molecule has 0 bridgehead atoms. The van der Waals surface area contributed by atoms with E-state index in [0.717, 1.165) is 5.69 Å². The molecule has 0 spiro atoms. The van der Waals surface area contributed by atoms with Crippen molar-refractivity contribution in [3.8, 4) is 5.75 Å².